The predicted molar refractivity (Wildman–Crippen MR) is 112 cm³/mol. The molecule has 148 valence electrons. The van der Waals surface area contributed by atoms with Gasteiger partial charge >= 0.3 is 0 Å². The lowest BCUT2D eigenvalue weighted by atomic mass is 9.95. The van der Waals surface area contributed by atoms with Gasteiger partial charge in [0.05, 0.1) is 17.2 Å². The van der Waals surface area contributed by atoms with Gasteiger partial charge in [0.25, 0.3) is 5.91 Å². The Morgan fingerprint density at radius 3 is 2.90 bits per heavy atom. The second kappa shape index (κ2) is 7.56. The Kier molecular flexibility index (Phi) is 4.76. The van der Waals surface area contributed by atoms with E-state index in [9.17, 15) is 9.90 Å². The molecular formula is C24H25N3O2. The van der Waals surface area contributed by atoms with E-state index in [0.29, 0.717) is 25.1 Å². The summed E-state index contributed by atoms with van der Waals surface area (Å²) in [5.41, 5.74) is 4.90. The lowest BCUT2D eigenvalue weighted by Crippen LogP contribution is -2.30. The van der Waals surface area contributed by atoms with E-state index in [1.165, 1.54) is 12.0 Å². The molecule has 0 spiro atoms. The number of aliphatic hydroxyl groups excluding tert-OH is 1. The summed E-state index contributed by atoms with van der Waals surface area (Å²) in [6.07, 6.45) is 6.19. The maximum atomic E-state index is 13.0. The normalized spacial score (nSPS) is 21.3. The highest BCUT2D eigenvalue weighted by Gasteiger charge is 2.35. The van der Waals surface area contributed by atoms with Crippen LogP contribution in [0.5, 0.6) is 0 Å². The van der Waals surface area contributed by atoms with Gasteiger partial charge in [-0.15, -0.1) is 0 Å². The minimum atomic E-state index is -0.530. The van der Waals surface area contributed by atoms with Crippen LogP contribution in [0, 0.1) is 5.92 Å². The van der Waals surface area contributed by atoms with Gasteiger partial charge in [-0.05, 0) is 55.9 Å². The van der Waals surface area contributed by atoms with E-state index < -0.39 is 6.10 Å². The summed E-state index contributed by atoms with van der Waals surface area (Å²) in [7, 11) is 0. The number of carbonyl (C=O) groups excluding carboxylic acids is 1. The molecule has 1 aliphatic heterocycles. The summed E-state index contributed by atoms with van der Waals surface area (Å²) >= 11 is 0. The summed E-state index contributed by atoms with van der Waals surface area (Å²) < 4.78 is 0. The van der Waals surface area contributed by atoms with Crippen molar-refractivity contribution in [1.29, 1.82) is 0 Å². The molecular weight excluding hydrogens is 362 g/mol. The molecule has 1 N–H and O–H groups in total. The second-order valence-electron chi connectivity index (χ2n) is 8.27. The Balaban J connectivity index is 1.30. The number of amides is 1. The molecule has 1 aliphatic carbocycles. The number of hydrogen-bond donors (Lipinski definition) is 1. The van der Waals surface area contributed by atoms with Crippen molar-refractivity contribution in [3.05, 3.63) is 71.2 Å². The second-order valence-corrected chi connectivity index (χ2v) is 8.27. The maximum absolute atomic E-state index is 13.0. The zero-order chi connectivity index (χ0) is 19.8. The lowest BCUT2D eigenvalue weighted by Gasteiger charge is -2.19. The SMILES string of the molecule is O=C(c1cnc2c(c1)CCCC2)N1C[C@@H](Cc2ccc3ccccc3n2)[C@H](O)C1. The summed E-state index contributed by atoms with van der Waals surface area (Å²) in [6, 6.07) is 14.1. The zero-order valence-electron chi connectivity index (χ0n) is 16.4. The molecule has 5 nitrogen and oxygen atoms in total. The van der Waals surface area contributed by atoms with Crippen molar-refractivity contribution < 1.29 is 9.90 Å². The molecule has 2 aliphatic rings. The van der Waals surface area contributed by atoms with Gasteiger partial charge in [-0.3, -0.25) is 14.8 Å². The van der Waals surface area contributed by atoms with Crippen LogP contribution in [-0.2, 0) is 19.3 Å². The average molecular weight is 387 g/mol. The first-order valence-electron chi connectivity index (χ1n) is 10.5. The molecule has 5 rings (SSSR count). The van der Waals surface area contributed by atoms with Crippen molar-refractivity contribution in [1.82, 2.24) is 14.9 Å². The fourth-order valence-corrected chi connectivity index (χ4v) is 4.60. The van der Waals surface area contributed by atoms with Crippen LogP contribution < -0.4 is 0 Å². The Bertz CT molecular complexity index is 1060. The van der Waals surface area contributed by atoms with Crippen LogP contribution >= 0.6 is 0 Å². The summed E-state index contributed by atoms with van der Waals surface area (Å²) in [6.45, 7) is 0.916. The van der Waals surface area contributed by atoms with Crippen molar-refractivity contribution in [2.45, 2.75) is 38.2 Å². The summed E-state index contributed by atoms with van der Waals surface area (Å²) in [5, 5.41) is 11.7. The van der Waals surface area contributed by atoms with Crippen LogP contribution in [0.2, 0.25) is 0 Å². The van der Waals surface area contributed by atoms with Crippen molar-refractivity contribution in [2.75, 3.05) is 13.1 Å². The average Bonchev–Trinajstić information content (AvgIpc) is 3.13. The highest BCUT2D eigenvalue weighted by molar-refractivity contribution is 5.94. The number of pyridine rings is 2. The molecule has 1 amide bonds. The number of para-hydroxylation sites is 1. The third-order valence-corrected chi connectivity index (χ3v) is 6.24. The van der Waals surface area contributed by atoms with Crippen molar-refractivity contribution in [2.24, 2.45) is 5.92 Å². The standard InChI is InChI=1S/C24H25N3O2/c28-23-15-27(24(29)18-11-17-6-2-3-7-21(17)25-13-18)14-19(23)12-20-10-9-16-5-1-4-8-22(16)26-20/h1,4-5,8-11,13,19,23,28H,2-3,6-7,12,14-15H2/t19-,23-/m1/s1. The van der Waals surface area contributed by atoms with Crippen LogP contribution in [-0.4, -0.2) is 45.1 Å². The molecule has 1 aromatic carbocycles. The number of aromatic nitrogens is 2. The number of benzene rings is 1. The third kappa shape index (κ3) is 3.62. The predicted octanol–water partition coefficient (Wildman–Crippen LogP) is 3.18. The Labute approximate surface area is 170 Å². The van der Waals surface area contributed by atoms with Crippen molar-refractivity contribution in [3.8, 4) is 0 Å². The van der Waals surface area contributed by atoms with E-state index >= 15 is 0 Å². The first-order chi connectivity index (χ1) is 14.2. The fraction of sp³-hybridized carbons (Fsp3) is 0.375. The lowest BCUT2D eigenvalue weighted by molar-refractivity contribution is 0.0764. The Morgan fingerprint density at radius 2 is 1.97 bits per heavy atom. The van der Waals surface area contributed by atoms with Crippen LogP contribution in [0.4, 0.5) is 0 Å². The fourth-order valence-electron chi connectivity index (χ4n) is 4.60. The topological polar surface area (TPSA) is 66.3 Å². The van der Waals surface area contributed by atoms with E-state index in [2.05, 4.69) is 11.1 Å². The highest BCUT2D eigenvalue weighted by Crippen LogP contribution is 2.25. The molecule has 3 heterocycles. The molecule has 0 saturated carbocycles. The highest BCUT2D eigenvalue weighted by atomic mass is 16.3. The molecule has 0 bridgehead atoms. The van der Waals surface area contributed by atoms with Crippen LogP contribution in [0.1, 0.15) is 40.2 Å². The van der Waals surface area contributed by atoms with Crippen LogP contribution in [0.3, 0.4) is 0 Å². The van der Waals surface area contributed by atoms with E-state index in [1.807, 2.05) is 36.4 Å². The van der Waals surface area contributed by atoms with E-state index in [1.54, 1.807) is 11.1 Å². The van der Waals surface area contributed by atoms with Gasteiger partial charge in [-0.25, -0.2) is 0 Å². The maximum Gasteiger partial charge on any atom is 0.255 e. The minimum Gasteiger partial charge on any atom is -0.391 e. The first kappa shape index (κ1) is 18.3. The summed E-state index contributed by atoms with van der Waals surface area (Å²) in [4.78, 5) is 24.0. The molecule has 29 heavy (non-hydrogen) atoms. The molecule has 5 heteroatoms. The summed E-state index contributed by atoms with van der Waals surface area (Å²) in [5.74, 6) is -0.0305. The number of fused-ring (bicyclic) bond motifs is 2. The molecule has 1 saturated heterocycles. The largest absolute Gasteiger partial charge is 0.391 e. The molecule has 0 unspecified atom stereocenters. The number of aliphatic hydroxyl groups is 1. The number of carbonyl (C=O) groups is 1. The number of hydrogen-bond acceptors (Lipinski definition) is 4. The molecule has 1 fully saturated rings. The van der Waals surface area contributed by atoms with Gasteiger partial charge in [-0.2, -0.15) is 0 Å². The van der Waals surface area contributed by atoms with E-state index in [4.69, 9.17) is 4.98 Å². The number of nitrogens with zero attached hydrogens (tertiary/aromatic N) is 3. The van der Waals surface area contributed by atoms with Crippen molar-refractivity contribution in [3.63, 3.8) is 0 Å². The molecule has 3 aromatic rings. The number of rotatable bonds is 3. The molecule has 2 atom stereocenters. The zero-order valence-corrected chi connectivity index (χ0v) is 16.4. The third-order valence-electron chi connectivity index (χ3n) is 6.24. The number of β-amino-alcohol motifs (C(OH)–C–C–N with tert-alkyl or cyclic N) is 1. The smallest absolute Gasteiger partial charge is 0.255 e. The van der Waals surface area contributed by atoms with Crippen molar-refractivity contribution >= 4 is 16.8 Å². The van der Waals surface area contributed by atoms with Gasteiger partial charge in [0.1, 0.15) is 0 Å². The van der Waals surface area contributed by atoms with Crippen LogP contribution in [0.25, 0.3) is 10.9 Å². The first-order valence-corrected chi connectivity index (χ1v) is 10.5. The van der Waals surface area contributed by atoms with E-state index in [-0.39, 0.29) is 11.8 Å². The number of aryl methyl sites for hydroxylation is 2. The van der Waals surface area contributed by atoms with Gasteiger partial charge in [-0.1, -0.05) is 24.3 Å². The Hall–Kier alpha value is -2.79. The van der Waals surface area contributed by atoms with E-state index in [0.717, 1.165) is 41.6 Å². The number of likely N-dealkylation sites (tertiary alicyclic amines) is 1. The Morgan fingerprint density at radius 1 is 1.10 bits per heavy atom. The van der Waals surface area contributed by atoms with Gasteiger partial charge in [0.15, 0.2) is 0 Å². The monoisotopic (exact) mass is 387 g/mol. The van der Waals surface area contributed by atoms with Gasteiger partial charge in [0.2, 0.25) is 0 Å². The van der Waals surface area contributed by atoms with Gasteiger partial charge < -0.3 is 10.0 Å². The quantitative estimate of drug-likeness (QED) is 0.750. The molecule has 2 aromatic heterocycles. The minimum absolute atomic E-state index is 0.00167. The molecule has 0 radical (unpaired) electrons. The van der Waals surface area contributed by atoms with Gasteiger partial charge in [0, 0.05) is 42.0 Å². The van der Waals surface area contributed by atoms with Crippen LogP contribution in [0.15, 0.2) is 48.7 Å².